The van der Waals surface area contributed by atoms with E-state index in [0.29, 0.717) is 17.9 Å². The lowest BCUT2D eigenvalue weighted by Gasteiger charge is -2.22. The molecule has 0 N–H and O–H groups in total. The smallest absolute Gasteiger partial charge is 0.416 e. The van der Waals surface area contributed by atoms with Gasteiger partial charge in [-0.15, -0.1) is 0 Å². The summed E-state index contributed by atoms with van der Waals surface area (Å²) in [6, 6.07) is 19.8. The van der Waals surface area contributed by atoms with Gasteiger partial charge in [0.25, 0.3) is 5.91 Å². The van der Waals surface area contributed by atoms with Gasteiger partial charge in [0.2, 0.25) is 0 Å². The maximum absolute atomic E-state index is 13.0. The van der Waals surface area contributed by atoms with E-state index in [-0.39, 0.29) is 5.56 Å². The second-order valence-electron chi connectivity index (χ2n) is 7.80. The van der Waals surface area contributed by atoms with Gasteiger partial charge in [-0.2, -0.15) is 18.3 Å². The summed E-state index contributed by atoms with van der Waals surface area (Å²) in [5.41, 5.74) is 1.42. The van der Waals surface area contributed by atoms with Crippen molar-refractivity contribution in [2.45, 2.75) is 18.6 Å². The predicted molar refractivity (Wildman–Crippen MR) is 122 cm³/mol. The highest BCUT2D eigenvalue weighted by molar-refractivity contribution is 6.03. The number of benzene rings is 3. The lowest BCUT2D eigenvalue weighted by molar-refractivity contribution is -0.137. The quantitative estimate of drug-likeness (QED) is 0.450. The number of ether oxygens (including phenoxy) is 2. The van der Waals surface area contributed by atoms with Crippen LogP contribution in [0.4, 0.5) is 13.2 Å². The van der Waals surface area contributed by atoms with Gasteiger partial charge in [0.05, 0.1) is 30.0 Å². The van der Waals surface area contributed by atoms with Gasteiger partial charge in [-0.05, 0) is 47.5 Å². The number of alkyl halides is 3. The van der Waals surface area contributed by atoms with E-state index in [2.05, 4.69) is 5.10 Å². The van der Waals surface area contributed by atoms with E-state index in [1.807, 2.05) is 42.5 Å². The summed E-state index contributed by atoms with van der Waals surface area (Å²) in [6.07, 6.45) is -4.06. The predicted octanol–water partition coefficient (Wildman–Crippen LogP) is 5.25. The Kier molecular flexibility index (Phi) is 6.86. The molecule has 6 nitrogen and oxygen atoms in total. The summed E-state index contributed by atoms with van der Waals surface area (Å²) < 4.78 is 48.5. The molecule has 1 atom stereocenters. The van der Waals surface area contributed by atoms with Crippen LogP contribution in [0.25, 0.3) is 0 Å². The van der Waals surface area contributed by atoms with Crippen LogP contribution in [-0.4, -0.2) is 36.3 Å². The first-order valence-corrected chi connectivity index (χ1v) is 10.7. The molecule has 0 fully saturated rings. The van der Waals surface area contributed by atoms with E-state index >= 15 is 0 Å². The van der Waals surface area contributed by atoms with Crippen LogP contribution in [0.3, 0.4) is 0 Å². The highest BCUT2D eigenvalue weighted by Gasteiger charge is 2.34. The molecule has 0 aliphatic carbocycles. The van der Waals surface area contributed by atoms with Crippen LogP contribution in [0.1, 0.15) is 39.5 Å². The summed E-state index contributed by atoms with van der Waals surface area (Å²) in [5, 5.41) is 5.78. The third kappa shape index (κ3) is 5.51. The number of hydrogen-bond acceptors (Lipinski definition) is 5. The molecule has 9 heteroatoms. The Labute approximate surface area is 199 Å². The Bertz CT molecular complexity index is 1220. The van der Waals surface area contributed by atoms with Crippen molar-refractivity contribution in [2.75, 3.05) is 13.7 Å². The van der Waals surface area contributed by atoms with Gasteiger partial charge in [-0.1, -0.05) is 42.5 Å². The lowest BCUT2D eigenvalue weighted by atomic mass is 9.98. The second kappa shape index (κ2) is 10.0. The summed E-state index contributed by atoms with van der Waals surface area (Å²) in [7, 11) is 1.56. The van der Waals surface area contributed by atoms with Crippen molar-refractivity contribution >= 4 is 17.6 Å². The van der Waals surface area contributed by atoms with E-state index in [9.17, 15) is 22.8 Å². The van der Waals surface area contributed by atoms with Crippen LogP contribution in [0.15, 0.2) is 84.0 Å². The lowest BCUT2D eigenvalue weighted by Crippen LogP contribution is -2.31. The number of amides is 1. The molecule has 0 saturated carbocycles. The number of esters is 1. The van der Waals surface area contributed by atoms with Crippen molar-refractivity contribution in [3.63, 3.8) is 0 Å². The fraction of sp³-hybridized carbons (Fsp3) is 0.192. The van der Waals surface area contributed by atoms with E-state index in [1.165, 1.54) is 5.01 Å². The van der Waals surface area contributed by atoms with Crippen LogP contribution >= 0.6 is 0 Å². The molecule has 0 unspecified atom stereocenters. The van der Waals surface area contributed by atoms with Gasteiger partial charge in [-0.25, -0.2) is 9.80 Å². The van der Waals surface area contributed by atoms with Crippen LogP contribution < -0.4 is 4.74 Å². The number of hydrogen-bond donors (Lipinski definition) is 0. The van der Waals surface area contributed by atoms with Gasteiger partial charge in [0.15, 0.2) is 6.61 Å². The molecule has 3 aromatic rings. The van der Waals surface area contributed by atoms with Gasteiger partial charge in [0, 0.05) is 6.42 Å². The van der Waals surface area contributed by atoms with E-state index < -0.39 is 36.3 Å². The zero-order chi connectivity index (χ0) is 25.0. The molecule has 1 amide bonds. The molecular formula is C26H21F3N2O4. The minimum absolute atomic E-state index is 0.0904. The number of hydrazone groups is 1. The maximum atomic E-state index is 13.0. The molecular weight excluding hydrogens is 461 g/mol. The molecule has 1 aliphatic heterocycles. The standard InChI is InChI=1S/C26H21F3N2O4/c1-34-21-13-9-18(10-14-21)23-15-22(17-5-3-2-4-6-17)30-31(23)24(32)16-35-25(33)19-7-11-20(12-8-19)26(27,28)29/h2-14,23H,15-16H2,1H3/t23-/m1/s1. The highest BCUT2D eigenvalue weighted by Crippen LogP contribution is 2.34. The summed E-state index contributed by atoms with van der Waals surface area (Å²) in [4.78, 5) is 25.3. The first kappa shape index (κ1) is 24.0. The Morgan fingerprint density at radius 3 is 2.23 bits per heavy atom. The summed E-state index contributed by atoms with van der Waals surface area (Å²) >= 11 is 0. The van der Waals surface area contributed by atoms with Gasteiger partial charge in [-0.3, -0.25) is 4.79 Å². The minimum Gasteiger partial charge on any atom is -0.497 e. The van der Waals surface area contributed by atoms with Crippen LogP contribution in [0.5, 0.6) is 5.75 Å². The largest absolute Gasteiger partial charge is 0.497 e. The second-order valence-corrected chi connectivity index (χ2v) is 7.80. The molecule has 35 heavy (non-hydrogen) atoms. The number of methoxy groups -OCH3 is 1. The average Bonchev–Trinajstić information content (AvgIpc) is 3.33. The molecule has 180 valence electrons. The maximum Gasteiger partial charge on any atom is 0.416 e. The van der Waals surface area contributed by atoms with Crippen molar-refractivity contribution in [2.24, 2.45) is 5.10 Å². The number of halogens is 3. The third-order valence-corrected chi connectivity index (χ3v) is 5.55. The third-order valence-electron chi connectivity index (χ3n) is 5.55. The zero-order valence-corrected chi connectivity index (χ0v) is 18.7. The SMILES string of the molecule is COc1ccc([C@H]2CC(c3ccccc3)=NN2C(=O)COC(=O)c2ccc(C(F)(F)F)cc2)cc1. The summed E-state index contributed by atoms with van der Waals surface area (Å²) in [6.45, 7) is -0.613. The molecule has 4 rings (SSSR count). The average molecular weight is 482 g/mol. The Hall–Kier alpha value is -4.14. The summed E-state index contributed by atoms with van der Waals surface area (Å²) in [5.74, 6) is -0.796. The fourth-order valence-electron chi connectivity index (χ4n) is 3.70. The number of carbonyl (C=O) groups excluding carboxylic acids is 2. The highest BCUT2D eigenvalue weighted by atomic mass is 19.4. The van der Waals surface area contributed by atoms with Crippen LogP contribution in [0, 0.1) is 0 Å². The molecule has 0 bridgehead atoms. The van der Waals surface area contributed by atoms with E-state index in [1.54, 1.807) is 19.2 Å². The Morgan fingerprint density at radius 1 is 0.971 bits per heavy atom. The Morgan fingerprint density at radius 2 is 1.63 bits per heavy atom. The van der Waals surface area contributed by atoms with Crippen molar-refractivity contribution in [1.82, 2.24) is 5.01 Å². The van der Waals surface area contributed by atoms with Gasteiger partial charge in [0.1, 0.15) is 5.75 Å². The number of nitrogens with zero attached hydrogens (tertiary/aromatic N) is 2. The first-order valence-electron chi connectivity index (χ1n) is 10.7. The number of carbonyl (C=O) groups is 2. The van der Waals surface area contributed by atoms with E-state index in [0.717, 1.165) is 35.4 Å². The molecule has 0 saturated heterocycles. The van der Waals surface area contributed by atoms with Crippen molar-refractivity contribution < 1.29 is 32.2 Å². The van der Waals surface area contributed by atoms with E-state index in [4.69, 9.17) is 9.47 Å². The first-order chi connectivity index (χ1) is 16.8. The van der Waals surface area contributed by atoms with Crippen LogP contribution in [0.2, 0.25) is 0 Å². The van der Waals surface area contributed by atoms with Gasteiger partial charge < -0.3 is 9.47 Å². The molecule has 0 aromatic heterocycles. The monoisotopic (exact) mass is 482 g/mol. The molecule has 1 aliphatic rings. The Balaban J connectivity index is 1.50. The minimum atomic E-state index is -4.51. The molecule has 0 radical (unpaired) electrons. The fourth-order valence-corrected chi connectivity index (χ4v) is 3.70. The zero-order valence-electron chi connectivity index (χ0n) is 18.7. The van der Waals surface area contributed by atoms with Crippen molar-refractivity contribution in [1.29, 1.82) is 0 Å². The normalized spacial score (nSPS) is 15.5. The van der Waals surface area contributed by atoms with Gasteiger partial charge >= 0.3 is 12.1 Å². The molecule has 1 heterocycles. The van der Waals surface area contributed by atoms with Crippen molar-refractivity contribution in [3.8, 4) is 5.75 Å². The molecule has 0 spiro atoms. The van der Waals surface area contributed by atoms with Crippen LogP contribution in [-0.2, 0) is 15.7 Å². The number of rotatable bonds is 6. The molecule has 3 aromatic carbocycles. The topological polar surface area (TPSA) is 68.2 Å². The van der Waals surface area contributed by atoms with Crippen molar-refractivity contribution in [3.05, 3.63) is 101 Å².